The van der Waals surface area contributed by atoms with Crippen LogP contribution in [0.5, 0.6) is 11.5 Å². The van der Waals surface area contributed by atoms with Crippen LogP contribution in [0.2, 0.25) is 0 Å². The number of anilines is 1. The number of amides is 1. The number of furan rings is 1. The van der Waals surface area contributed by atoms with Crippen molar-refractivity contribution in [3.05, 3.63) is 83.3 Å². The second-order valence-corrected chi connectivity index (χ2v) is 9.22. The Hall–Kier alpha value is -4.25. The zero-order valence-corrected chi connectivity index (χ0v) is 22.0. The maximum Gasteiger partial charge on any atom is 0.417 e. The van der Waals surface area contributed by atoms with Gasteiger partial charge in [-0.1, -0.05) is 12.1 Å². The summed E-state index contributed by atoms with van der Waals surface area (Å²) in [6.45, 7) is 2.00. The predicted octanol–water partition coefficient (Wildman–Crippen LogP) is 5.54. The van der Waals surface area contributed by atoms with E-state index in [1.54, 1.807) is 31.4 Å². The summed E-state index contributed by atoms with van der Waals surface area (Å²) in [6.07, 6.45) is -3.24. The molecule has 1 saturated heterocycles. The summed E-state index contributed by atoms with van der Waals surface area (Å²) in [5, 5.41) is 0.648. The van der Waals surface area contributed by atoms with Crippen molar-refractivity contribution >= 4 is 22.6 Å². The molecule has 0 unspecified atom stereocenters. The number of benzene rings is 2. The molecule has 3 heterocycles. The van der Waals surface area contributed by atoms with Gasteiger partial charge in [-0.15, -0.1) is 0 Å². The highest BCUT2D eigenvalue weighted by molar-refractivity contribution is 5.96. The number of fused-ring (bicyclic) bond motifs is 1. The molecular formula is C29H28F3N3O5. The highest BCUT2D eigenvalue weighted by Crippen LogP contribution is 2.37. The number of morpholine rings is 1. The number of rotatable bonds is 8. The number of ether oxygens (including phenoxy) is 3. The topological polar surface area (TPSA) is 77.3 Å². The minimum Gasteiger partial charge on any atom is -0.496 e. The number of nitrogens with zero attached hydrogens (tertiary/aromatic N) is 3. The van der Waals surface area contributed by atoms with Crippen LogP contribution in [0.3, 0.4) is 0 Å². The Morgan fingerprint density at radius 2 is 1.73 bits per heavy atom. The molecule has 0 radical (unpaired) electrons. The van der Waals surface area contributed by atoms with Crippen LogP contribution in [0, 0.1) is 0 Å². The highest BCUT2D eigenvalue weighted by Gasteiger charge is 2.36. The number of carbonyl (C=O) groups is 1. The van der Waals surface area contributed by atoms with Crippen molar-refractivity contribution in [3.8, 4) is 11.5 Å². The van der Waals surface area contributed by atoms with E-state index in [-0.39, 0.29) is 13.1 Å². The number of alkyl halides is 3. The summed E-state index contributed by atoms with van der Waals surface area (Å²) in [5.41, 5.74) is -0.243. The normalized spacial score (nSPS) is 13.9. The Morgan fingerprint density at radius 3 is 2.40 bits per heavy atom. The number of hydrogen-bond acceptors (Lipinski definition) is 7. The smallest absolute Gasteiger partial charge is 0.417 e. The van der Waals surface area contributed by atoms with Gasteiger partial charge in [0.15, 0.2) is 0 Å². The Kier molecular flexibility index (Phi) is 7.83. The monoisotopic (exact) mass is 555 g/mol. The Morgan fingerprint density at radius 1 is 1.00 bits per heavy atom. The quantitative estimate of drug-likeness (QED) is 0.282. The third kappa shape index (κ3) is 5.55. The van der Waals surface area contributed by atoms with Gasteiger partial charge in [0, 0.05) is 24.0 Å². The molecular weight excluding hydrogens is 527 g/mol. The largest absolute Gasteiger partial charge is 0.496 e. The number of aromatic nitrogens is 1. The van der Waals surface area contributed by atoms with Crippen molar-refractivity contribution in [2.24, 2.45) is 0 Å². The van der Waals surface area contributed by atoms with Crippen LogP contribution in [0.25, 0.3) is 10.9 Å². The van der Waals surface area contributed by atoms with Gasteiger partial charge in [0.1, 0.15) is 28.6 Å². The molecule has 11 heteroatoms. The molecule has 2 aromatic heterocycles. The zero-order valence-electron chi connectivity index (χ0n) is 22.0. The minimum absolute atomic E-state index is 0.0400. The predicted molar refractivity (Wildman–Crippen MR) is 142 cm³/mol. The number of methoxy groups -OCH3 is 2. The number of pyridine rings is 1. The molecule has 0 N–H and O–H groups in total. The van der Waals surface area contributed by atoms with Crippen LogP contribution in [0.15, 0.2) is 65.3 Å². The average molecular weight is 556 g/mol. The molecule has 1 fully saturated rings. The first kappa shape index (κ1) is 27.3. The summed E-state index contributed by atoms with van der Waals surface area (Å²) >= 11 is 0. The summed E-state index contributed by atoms with van der Waals surface area (Å²) in [4.78, 5) is 22.1. The van der Waals surface area contributed by atoms with E-state index < -0.39 is 23.2 Å². The highest BCUT2D eigenvalue weighted by atomic mass is 19.4. The van der Waals surface area contributed by atoms with Gasteiger partial charge in [-0.05, 0) is 42.5 Å². The van der Waals surface area contributed by atoms with E-state index in [4.69, 9.17) is 23.6 Å². The summed E-state index contributed by atoms with van der Waals surface area (Å²) < 4.78 is 63.7. The van der Waals surface area contributed by atoms with Crippen LogP contribution < -0.4 is 14.4 Å². The summed E-state index contributed by atoms with van der Waals surface area (Å²) in [7, 11) is 3.09. The van der Waals surface area contributed by atoms with E-state index in [1.165, 1.54) is 36.5 Å². The molecule has 0 atom stereocenters. The van der Waals surface area contributed by atoms with Gasteiger partial charge in [-0.2, -0.15) is 13.2 Å². The maximum absolute atomic E-state index is 13.9. The van der Waals surface area contributed by atoms with E-state index in [1.807, 2.05) is 11.0 Å². The first-order chi connectivity index (χ1) is 19.3. The summed E-state index contributed by atoms with van der Waals surface area (Å²) in [6, 6.07) is 13.5. The van der Waals surface area contributed by atoms with Crippen molar-refractivity contribution in [2.75, 3.05) is 45.4 Å². The lowest BCUT2D eigenvalue weighted by molar-refractivity contribution is -0.138. The lowest BCUT2D eigenvalue weighted by atomic mass is 10.0. The number of carbonyl (C=O) groups excluding carboxylic acids is 1. The molecule has 0 saturated carbocycles. The van der Waals surface area contributed by atoms with E-state index >= 15 is 0 Å². The zero-order chi connectivity index (χ0) is 28.3. The van der Waals surface area contributed by atoms with Crippen molar-refractivity contribution in [1.29, 1.82) is 0 Å². The second kappa shape index (κ2) is 11.5. The van der Waals surface area contributed by atoms with Gasteiger partial charge in [0.05, 0.1) is 57.9 Å². The fourth-order valence-electron chi connectivity index (χ4n) is 4.83. The first-order valence-corrected chi connectivity index (χ1v) is 12.7. The molecule has 2 aromatic carbocycles. The lowest BCUT2D eigenvalue weighted by Crippen LogP contribution is -2.38. The van der Waals surface area contributed by atoms with Crippen molar-refractivity contribution in [2.45, 2.75) is 19.3 Å². The van der Waals surface area contributed by atoms with Crippen LogP contribution in [0.4, 0.5) is 19.0 Å². The van der Waals surface area contributed by atoms with Gasteiger partial charge in [0.2, 0.25) is 0 Å². The standard InChI is InChI=1S/C29H28F3N3O5/c1-37-24-9-10-25(38-2)26-22(24)16-19(27(33-26)34-11-14-39-15-12-34)17-35(18-20-6-5-13-40-20)28(36)21-7-3-4-8-23(21)29(30,31)32/h3-10,13,16H,11-12,14-15,17-18H2,1-2H3. The molecule has 0 spiro atoms. The van der Waals surface area contributed by atoms with Crippen LogP contribution in [0.1, 0.15) is 27.2 Å². The third-order valence-corrected chi connectivity index (χ3v) is 6.75. The molecule has 1 amide bonds. The fraction of sp³-hybridized carbons (Fsp3) is 0.310. The third-order valence-electron chi connectivity index (χ3n) is 6.75. The van der Waals surface area contributed by atoms with Gasteiger partial charge in [0.25, 0.3) is 5.91 Å². The molecule has 4 aromatic rings. The first-order valence-electron chi connectivity index (χ1n) is 12.7. The van der Waals surface area contributed by atoms with Crippen molar-refractivity contribution < 1.29 is 36.6 Å². The Labute approximate surface area is 228 Å². The second-order valence-electron chi connectivity index (χ2n) is 9.22. The molecule has 40 heavy (non-hydrogen) atoms. The Balaban J connectivity index is 1.64. The summed E-state index contributed by atoms with van der Waals surface area (Å²) in [5.74, 6) is 1.32. The van der Waals surface area contributed by atoms with Crippen LogP contribution in [-0.2, 0) is 24.0 Å². The lowest BCUT2D eigenvalue weighted by Gasteiger charge is -2.31. The van der Waals surface area contributed by atoms with E-state index in [0.717, 1.165) is 6.07 Å². The molecule has 1 aliphatic rings. The number of hydrogen-bond donors (Lipinski definition) is 0. The number of halogens is 3. The maximum atomic E-state index is 13.9. The van der Waals surface area contributed by atoms with E-state index in [0.29, 0.717) is 65.8 Å². The molecule has 0 bridgehead atoms. The van der Waals surface area contributed by atoms with E-state index in [2.05, 4.69) is 0 Å². The van der Waals surface area contributed by atoms with Gasteiger partial charge < -0.3 is 28.4 Å². The molecule has 0 aliphatic carbocycles. The van der Waals surface area contributed by atoms with Crippen LogP contribution in [-0.4, -0.2) is 56.3 Å². The molecule has 5 rings (SSSR count). The molecule has 210 valence electrons. The van der Waals surface area contributed by atoms with Crippen molar-refractivity contribution in [3.63, 3.8) is 0 Å². The van der Waals surface area contributed by atoms with Crippen LogP contribution >= 0.6 is 0 Å². The minimum atomic E-state index is -4.70. The van der Waals surface area contributed by atoms with Gasteiger partial charge in [-0.25, -0.2) is 4.98 Å². The molecule has 8 nitrogen and oxygen atoms in total. The SMILES string of the molecule is COc1ccc(OC)c2nc(N3CCOCC3)c(CN(Cc3ccco3)C(=O)c3ccccc3C(F)(F)F)cc12. The van der Waals surface area contributed by atoms with Gasteiger partial charge >= 0.3 is 6.18 Å². The molecule has 1 aliphatic heterocycles. The van der Waals surface area contributed by atoms with Crippen molar-refractivity contribution in [1.82, 2.24) is 9.88 Å². The van der Waals surface area contributed by atoms with Gasteiger partial charge in [-0.3, -0.25) is 4.79 Å². The Bertz CT molecular complexity index is 1480. The van der Waals surface area contributed by atoms with E-state index in [9.17, 15) is 18.0 Å². The average Bonchev–Trinajstić information content (AvgIpc) is 3.48. The fourth-order valence-corrected chi connectivity index (χ4v) is 4.83.